The highest BCUT2D eigenvalue weighted by molar-refractivity contribution is 7.93. The molecule has 0 saturated carbocycles. The van der Waals surface area contributed by atoms with Gasteiger partial charge in [0.1, 0.15) is 9.84 Å². The van der Waals surface area contributed by atoms with Crippen LogP contribution in [-0.4, -0.2) is 39.1 Å². The molecule has 1 aliphatic heterocycles. The Morgan fingerprint density at radius 3 is 1.80 bits per heavy atom. The summed E-state index contributed by atoms with van der Waals surface area (Å²) >= 11 is 0. The summed E-state index contributed by atoms with van der Waals surface area (Å²) in [7, 11) is -8.57. The van der Waals surface area contributed by atoms with Crippen LogP contribution in [0.3, 0.4) is 0 Å². The largest absolute Gasteiger partial charge is 0.497 e. The van der Waals surface area contributed by atoms with E-state index in [0.29, 0.717) is 0 Å². The fraction of sp³-hybridized carbons (Fsp3) is 1.00. The third-order valence-corrected chi connectivity index (χ3v) is 5.97. The van der Waals surface area contributed by atoms with Crippen LogP contribution in [0.1, 0.15) is 12.8 Å². The number of halogens is 3. The van der Waals surface area contributed by atoms with Gasteiger partial charge in [0.25, 0.3) is 9.84 Å². The second-order valence-corrected chi connectivity index (χ2v) is 7.87. The van der Waals surface area contributed by atoms with E-state index in [1.807, 2.05) is 0 Å². The Hall–Kier alpha value is -0.310. The van der Waals surface area contributed by atoms with Crippen molar-refractivity contribution >= 4 is 19.7 Å². The van der Waals surface area contributed by atoms with E-state index in [1.54, 1.807) is 0 Å². The molecule has 9 heteroatoms. The summed E-state index contributed by atoms with van der Waals surface area (Å²) in [5, 5.41) is -1.61. The van der Waals surface area contributed by atoms with Gasteiger partial charge in [-0.2, -0.15) is 13.2 Å². The number of alkyl halides is 3. The van der Waals surface area contributed by atoms with Gasteiger partial charge in [0, 0.05) is 0 Å². The lowest BCUT2D eigenvalue weighted by atomic mass is 10.2. The molecule has 0 aliphatic carbocycles. The van der Waals surface area contributed by atoms with Gasteiger partial charge in [0.15, 0.2) is 0 Å². The first kappa shape index (κ1) is 12.8. The lowest BCUT2D eigenvalue weighted by Gasteiger charge is -2.22. The quantitative estimate of drug-likeness (QED) is 0.693. The number of hydrogen-bond donors (Lipinski definition) is 0. The molecule has 0 spiro atoms. The lowest BCUT2D eigenvalue weighted by molar-refractivity contribution is -0.0445. The minimum atomic E-state index is -5.29. The molecular formula is C6H9F3O4S2. The molecule has 0 unspecified atom stereocenters. The van der Waals surface area contributed by atoms with Crippen LogP contribution in [0, 0.1) is 0 Å². The standard InChI is InChI=1S/C6H9F3O4S2/c7-6(8,9)15(12,13)5-1-3-14(10,11)4-2-5/h5H,1-4H2. The first-order chi connectivity index (χ1) is 6.56. The van der Waals surface area contributed by atoms with Gasteiger partial charge in [0.05, 0.1) is 16.8 Å². The fourth-order valence-electron chi connectivity index (χ4n) is 1.37. The average Bonchev–Trinajstić information content (AvgIpc) is 2.01. The molecule has 1 saturated heterocycles. The maximum Gasteiger partial charge on any atom is 0.497 e. The van der Waals surface area contributed by atoms with Crippen LogP contribution in [0.4, 0.5) is 13.2 Å². The predicted molar refractivity (Wildman–Crippen MR) is 46.7 cm³/mol. The summed E-state index contributed by atoms with van der Waals surface area (Å²) in [4.78, 5) is 0. The van der Waals surface area contributed by atoms with E-state index >= 15 is 0 Å². The fourth-order valence-corrected chi connectivity index (χ4v) is 4.39. The van der Waals surface area contributed by atoms with Crippen molar-refractivity contribution in [3.63, 3.8) is 0 Å². The van der Waals surface area contributed by atoms with E-state index in [4.69, 9.17) is 0 Å². The molecular weight excluding hydrogens is 257 g/mol. The van der Waals surface area contributed by atoms with Crippen molar-refractivity contribution in [3.05, 3.63) is 0 Å². The SMILES string of the molecule is O=S1(=O)CCC(S(=O)(=O)C(F)(F)F)CC1. The van der Waals surface area contributed by atoms with Gasteiger partial charge in [-0.15, -0.1) is 0 Å². The zero-order chi connectivity index (χ0) is 11.9. The van der Waals surface area contributed by atoms with Gasteiger partial charge in [-0.1, -0.05) is 0 Å². The third kappa shape index (κ3) is 2.63. The summed E-state index contributed by atoms with van der Waals surface area (Å²) in [6.45, 7) is 0. The van der Waals surface area contributed by atoms with Crippen molar-refractivity contribution < 1.29 is 30.0 Å². The van der Waals surface area contributed by atoms with Crippen molar-refractivity contribution in [2.75, 3.05) is 11.5 Å². The van der Waals surface area contributed by atoms with Crippen LogP contribution in [0.5, 0.6) is 0 Å². The summed E-state index contributed by atoms with van der Waals surface area (Å²) in [5.41, 5.74) is -5.29. The highest BCUT2D eigenvalue weighted by Crippen LogP contribution is 2.32. The molecule has 1 aliphatic rings. The monoisotopic (exact) mass is 266 g/mol. The normalized spacial score (nSPS) is 23.9. The van der Waals surface area contributed by atoms with Gasteiger partial charge < -0.3 is 0 Å². The Labute approximate surface area is 85.3 Å². The molecule has 0 aromatic heterocycles. The summed E-state index contributed by atoms with van der Waals surface area (Å²) < 4.78 is 79.8. The van der Waals surface area contributed by atoms with E-state index in [0.717, 1.165) is 0 Å². The van der Waals surface area contributed by atoms with Crippen LogP contribution in [-0.2, 0) is 19.7 Å². The summed E-state index contributed by atoms with van der Waals surface area (Å²) in [6.07, 6.45) is -0.936. The molecule has 1 rings (SSSR count). The highest BCUT2D eigenvalue weighted by atomic mass is 32.2. The van der Waals surface area contributed by atoms with Crippen molar-refractivity contribution in [2.45, 2.75) is 23.6 Å². The van der Waals surface area contributed by atoms with E-state index in [-0.39, 0.29) is 0 Å². The molecule has 90 valence electrons. The zero-order valence-electron chi connectivity index (χ0n) is 7.49. The smallest absolute Gasteiger partial charge is 0.229 e. The van der Waals surface area contributed by atoms with Gasteiger partial charge in [-0.05, 0) is 12.8 Å². The van der Waals surface area contributed by atoms with Crippen molar-refractivity contribution in [3.8, 4) is 0 Å². The number of rotatable bonds is 1. The molecule has 4 nitrogen and oxygen atoms in total. The van der Waals surface area contributed by atoms with Crippen LogP contribution in [0.15, 0.2) is 0 Å². The Morgan fingerprint density at radius 2 is 1.47 bits per heavy atom. The van der Waals surface area contributed by atoms with Crippen LogP contribution >= 0.6 is 0 Å². The molecule has 0 radical (unpaired) electrons. The molecule has 1 heterocycles. The van der Waals surface area contributed by atoms with Gasteiger partial charge in [-0.3, -0.25) is 0 Å². The topological polar surface area (TPSA) is 68.3 Å². The maximum atomic E-state index is 12.1. The molecule has 0 bridgehead atoms. The first-order valence-corrected chi connectivity index (χ1v) is 7.43. The van der Waals surface area contributed by atoms with Gasteiger partial charge in [0.2, 0.25) is 0 Å². The molecule has 0 aromatic rings. The minimum absolute atomic E-state index is 0.468. The minimum Gasteiger partial charge on any atom is -0.229 e. The first-order valence-electron chi connectivity index (χ1n) is 4.07. The molecule has 0 amide bonds. The van der Waals surface area contributed by atoms with Crippen molar-refractivity contribution in [2.24, 2.45) is 0 Å². The Kier molecular flexibility index (Phi) is 3.08. The van der Waals surface area contributed by atoms with E-state index in [2.05, 4.69) is 0 Å². The zero-order valence-corrected chi connectivity index (χ0v) is 9.12. The van der Waals surface area contributed by atoms with Crippen LogP contribution in [0.25, 0.3) is 0 Å². The Balaban J connectivity index is 2.87. The number of sulfone groups is 2. The average molecular weight is 266 g/mol. The molecule has 0 atom stereocenters. The molecule has 15 heavy (non-hydrogen) atoms. The maximum absolute atomic E-state index is 12.1. The summed E-state index contributed by atoms with van der Waals surface area (Å²) in [5.74, 6) is -0.986. The summed E-state index contributed by atoms with van der Waals surface area (Å²) in [6, 6.07) is 0. The van der Waals surface area contributed by atoms with E-state index in [1.165, 1.54) is 0 Å². The second kappa shape index (κ2) is 3.62. The van der Waals surface area contributed by atoms with Crippen LogP contribution < -0.4 is 0 Å². The van der Waals surface area contributed by atoms with Crippen molar-refractivity contribution in [1.82, 2.24) is 0 Å². The van der Waals surface area contributed by atoms with E-state index < -0.39 is 54.8 Å². The second-order valence-electron chi connectivity index (χ2n) is 3.34. The van der Waals surface area contributed by atoms with Gasteiger partial charge >= 0.3 is 5.51 Å². The predicted octanol–water partition coefficient (Wildman–Crippen LogP) is 0.498. The van der Waals surface area contributed by atoms with Crippen LogP contribution in [0.2, 0.25) is 0 Å². The molecule has 0 aromatic carbocycles. The third-order valence-electron chi connectivity index (χ3n) is 2.26. The molecule has 1 fully saturated rings. The van der Waals surface area contributed by atoms with E-state index in [9.17, 15) is 30.0 Å². The van der Waals surface area contributed by atoms with Crippen molar-refractivity contribution in [1.29, 1.82) is 0 Å². The molecule has 0 N–H and O–H groups in total. The Morgan fingerprint density at radius 1 is 1.07 bits per heavy atom. The number of hydrogen-bond acceptors (Lipinski definition) is 4. The Bertz CT molecular complexity index is 419. The highest BCUT2D eigenvalue weighted by Gasteiger charge is 2.51. The lowest BCUT2D eigenvalue weighted by Crippen LogP contribution is -2.39. The van der Waals surface area contributed by atoms with Gasteiger partial charge in [-0.25, -0.2) is 16.8 Å².